The second-order valence-electron chi connectivity index (χ2n) is 4.32. The monoisotopic (exact) mass is 319 g/mol. The Morgan fingerprint density at radius 1 is 1.42 bits per heavy atom. The first-order chi connectivity index (χ1) is 9.04. The lowest BCUT2D eigenvalue weighted by Crippen LogP contribution is -2.28. The van der Waals surface area contributed by atoms with E-state index >= 15 is 0 Å². The maximum absolute atomic E-state index is 12.2. The average molecular weight is 320 g/mol. The molecular weight excluding hydrogens is 306 g/mol. The van der Waals surface area contributed by atoms with Gasteiger partial charge in [0, 0.05) is 12.4 Å². The standard InChI is InChI=1S/C11H14ClN3O2S2/c1-8(5-6-12)7-13-19(16,17)10-4-2-3-9-11(10)15-18-14-9/h2-4,8,13H,5-7H2,1H3. The molecule has 104 valence electrons. The van der Waals surface area contributed by atoms with Gasteiger partial charge in [0.1, 0.15) is 15.9 Å². The molecule has 0 radical (unpaired) electrons. The highest BCUT2D eigenvalue weighted by Gasteiger charge is 2.19. The number of nitrogens with zero attached hydrogens (tertiary/aromatic N) is 2. The van der Waals surface area contributed by atoms with Crippen molar-refractivity contribution in [2.24, 2.45) is 5.92 Å². The van der Waals surface area contributed by atoms with E-state index in [0.29, 0.717) is 23.5 Å². The van der Waals surface area contributed by atoms with Gasteiger partial charge in [0.05, 0.1) is 11.7 Å². The molecule has 8 heteroatoms. The summed E-state index contributed by atoms with van der Waals surface area (Å²) < 4.78 is 35.2. The summed E-state index contributed by atoms with van der Waals surface area (Å²) in [7, 11) is -3.56. The van der Waals surface area contributed by atoms with Crippen LogP contribution < -0.4 is 4.72 Å². The molecule has 0 saturated carbocycles. The maximum atomic E-state index is 12.2. The molecule has 0 amide bonds. The molecule has 0 spiro atoms. The van der Waals surface area contributed by atoms with Crippen LogP contribution in [0.1, 0.15) is 13.3 Å². The molecule has 2 rings (SSSR count). The molecule has 0 fully saturated rings. The number of halogens is 1. The van der Waals surface area contributed by atoms with Gasteiger partial charge in [0.15, 0.2) is 0 Å². The molecule has 0 bridgehead atoms. The zero-order chi connectivity index (χ0) is 13.9. The fourth-order valence-corrected chi connectivity index (χ4v) is 3.92. The van der Waals surface area contributed by atoms with Crippen LogP contribution in [-0.2, 0) is 10.0 Å². The Balaban J connectivity index is 2.22. The minimum absolute atomic E-state index is 0.178. The Kier molecular flexibility index (Phi) is 4.72. The van der Waals surface area contributed by atoms with Gasteiger partial charge in [-0.15, -0.1) is 11.6 Å². The van der Waals surface area contributed by atoms with Crippen molar-refractivity contribution in [1.29, 1.82) is 0 Å². The van der Waals surface area contributed by atoms with E-state index < -0.39 is 10.0 Å². The van der Waals surface area contributed by atoms with Gasteiger partial charge in [-0.3, -0.25) is 0 Å². The lowest BCUT2D eigenvalue weighted by atomic mass is 10.1. The first kappa shape index (κ1) is 14.6. The highest BCUT2D eigenvalue weighted by atomic mass is 35.5. The van der Waals surface area contributed by atoms with E-state index in [1.54, 1.807) is 12.1 Å². The molecule has 1 atom stereocenters. The quantitative estimate of drug-likeness (QED) is 0.829. The van der Waals surface area contributed by atoms with Gasteiger partial charge in [-0.2, -0.15) is 8.75 Å². The lowest BCUT2D eigenvalue weighted by molar-refractivity contribution is 0.530. The van der Waals surface area contributed by atoms with Crippen LogP contribution in [0.5, 0.6) is 0 Å². The second kappa shape index (κ2) is 6.13. The average Bonchev–Trinajstić information content (AvgIpc) is 2.84. The highest BCUT2D eigenvalue weighted by Crippen LogP contribution is 2.21. The largest absolute Gasteiger partial charge is 0.242 e. The predicted molar refractivity (Wildman–Crippen MR) is 77.1 cm³/mol. The van der Waals surface area contributed by atoms with Crippen LogP contribution in [0, 0.1) is 5.92 Å². The lowest BCUT2D eigenvalue weighted by Gasteiger charge is -2.11. The van der Waals surface area contributed by atoms with Gasteiger partial charge in [-0.1, -0.05) is 13.0 Å². The molecule has 1 N–H and O–H groups in total. The van der Waals surface area contributed by atoms with E-state index in [1.165, 1.54) is 6.07 Å². The molecule has 0 aliphatic carbocycles. The molecule has 1 aromatic heterocycles. The minimum Gasteiger partial charge on any atom is -0.211 e. The van der Waals surface area contributed by atoms with Crippen LogP contribution in [0.3, 0.4) is 0 Å². The van der Waals surface area contributed by atoms with Crippen LogP contribution in [0.4, 0.5) is 0 Å². The third-order valence-corrected chi connectivity index (χ3v) is 4.98. The van der Waals surface area contributed by atoms with Gasteiger partial charge in [-0.25, -0.2) is 13.1 Å². The zero-order valence-corrected chi connectivity index (χ0v) is 12.7. The van der Waals surface area contributed by atoms with Crippen molar-refractivity contribution in [3.63, 3.8) is 0 Å². The molecule has 2 aromatic rings. The van der Waals surface area contributed by atoms with E-state index in [4.69, 9.17) is 11.6 Å². The van der Waals surface area contributed by atoms with Crippen molar-refractivity contribution in [2.75, 3.05) is 12.4 Å². The summed E-state index contributed by atoms with van der Waals surface area (Å²) >= 11 is 6.64. The highest BCUT2D eigenvalue weighted by molar-refractivity contribution is 7.89. The number of hydrogen-bond donors (Lipinski definition) is 1. The maximum Gasteiger partial charge on any atom is 0.242 e. The zero-order valence-electron chi connectivity index (χ0n) is 10.3. The molecular formula is C11H14ClN3O2S2. The number of benzene rings is 1. The SMILES string of the molecule is CC(CCCl)CNS(=O)(=O)c1cccc2nsnc12. The fourth-order valence-electron chi connectivity index (χ4n) is 1.62. The molecule has 19 heavy (non-hydrogen) atoms. The third kappa shape index (κ3) is 3.42. The van der Waals surface area contributed by atoms with E-state index in [0.717, 1.165) is 18.1 Å². The van der Waals surface area contributed by atoms with Crippen molar-refractivity contribution in [3.8, 4) is 0 Å². The third-order valence-electron chi connectivity index (χ3n) is 2.76. The Bertz CT molecular complexity index is 657. The number of fused-ring (bicyclic) bond motifs is 1. The van der Waals surface area contributed by atoms with Gasteiger partial charge >= 0.3 is 0 Å². The van der Waals surface area contributed by atoms with E-state index in [1.807, 2.05) is 6.92 Å². The van der Waals surface area contributed by atoms with Gasteiger partial charge in [0.2, 0.25) is 10.0 Å². The summed E-state index contributed by atoms with van der Waals surface area (Å²) in [6.45, 7) is 2.32. The number of nitrogens with one attached hydrogen (secondary N) is 1. The Labute approximate surface area is 121 Å². The van der Waals surface area contributed by atoms with Gasteiger partial charge < -0.3 is 0 Å². The van der Waals surface area contributed by atoms with E-state index in [-0.39, 0.29) is 10.8 Å². The van der Waals surface area contributed by atoms with Crippen LogP contribution in [-0.4, -0.2) is 29.6 Å². The summed E-state index contributed by atoms with van der Waals surface area (Å²) in [5.41, 5.74) is 1.02. The number of hydrogen-bond acceptors (Lipinski definition) is 5. The van der Waals surface area contributed by atoms with Crippen molar-refractivity contribution in [1.82, 2.24) is 13.5 Å². The molecule has 5 nitrogen and oxygen atoms in total. The fraction of sp³-hybridized carbons (Fsp3) is 0.455. The molecule has 1 heterocycles. The van der Waals surface area contributed by atoms with Crippen molar-refractivity contribution >= 4 is 44.4 Å². The number of sulfonamides is 1. The number of alkyl halides is 1. The van der Waals surface area contributed by atoms with Crippen molar-refractivity contribution in [3.05, 3.63) is 18.2 Å². The van der Waals surface area contributed by atoms with Crippen LogP contribution in [0.25, 0.3) is 11.0 Å². The number of aromatic nitrogens is 2. The van der Waals surface area contributed by atoms with E-state index in [9.17, 15) is 8.42 Å². The normalized spacial score (nSPS) is 13.8. The molecule has 1 unspecified atom stereocenters. The summed E-state index contributed by atoms with van der Waals surface area (Å²) in [5, 5.41) is 0. The topological polar surface area (TPSA) is 72.0 Å². The summed E-state index contributed by atoms with van der Waals surface area (Å²) in [4.78, 5) is 0.178. The van der Waals surface area contributed by atoms with E-state index in [2.05, 4.69) is 13.5 Å². The number of rotatable bonds is 6. The van der Waals surface area contributed by atoms with Crippen LogP contribution in [0.15, 0.2) is 23.1 Å². The van der Waals surface area contributed by atoms with Crippen LogP contribution in [0.2, 0.25) is 0 Å². The van der Waals surface area contributed by atoms with Gasteiger partial charge in [0.25, 0.3) is 0 Å². The molecule has 0 saturated heterocycles. The first-order valence-electron chi connectivity index (χ1n) is 5.81. The molecule has 0 aliphatic rings. The first-order valence-corrected chi connectivity index (χ1v) is 8.56. The molecule has 1 aromatic carbocycles. The summed E-state index contributed by atoms with van der Waals surface area (Å²) in [6.07, 6.45) is 0.770. The van der Waals surface area contributed by atoms with Crippen molar-refractivity contribution in [2.45, 2.75) is 18.2 Å². The summed E-state index contributed by atoms with van der Waals surface area (Å²) in [6, 6.07) is 4.95. The Morgan fingerprint density at radius 3 is 2.95 bits per heavy atom. The van der Waals surface area contributed by atoms with Crippen LogP contribution >= 0.6 is 23.3 Å². The predicted octanol–water partition coefficient (Wildman–Crippen LogP) is 2.23. The second-order valence-corrected chi connectivity index (χ2v) is 6.96. The Hall–Kier alpha value is -0.760. The molecule has 0 aliphatic heterocycles. The summed E-state index contributed by atoms with van der Waals surface area (Å²) in [5.74, 6) is 0.717. The minimum atomic E-state index is -3.56. The van der Waals surface area contributed by atoms with Crippen molar-refractivity contribution < 1.29 is 8.42 Å². The smallest absolute Gasteiger partial charge is 0.211 e. The Morgan fingerprint density at radius 2 is 2.21 bits per heavy atom. The van der Waals surface area contributed by atoms with Gasteiger partial charge in [-0.05, 0) is 24.5 Å².